The number of anilines is 1. The molecule has 0 saturated carbocycles. The highest BCUT2D eigenvalue weighted by molar-refractivity contribution is 5.79. The number of aliphatic hydroxyl groups excluding tert-OH is 2. The fourth-order valence-electron chi connectivity index (χ4n) is 1.17. The second-order valence-electron chi connectivity index (χ2n) is 3.18. The Bertz CT molecular complexity index is 400. The van der Waals surface area contributed by atoms with Crippen LogP contribution in [-0.4, -0.2) is 22.2 Å². The van der Waals surface area contributed by atoms with E-state index in [1.54, 1.807) is 0 Å². The monoisotopic (exact) mass is 229 g/mol. The quantitative estimate of drug-likeness (QED) is 0.334. The number of rotatable bonds is 4. The van der Waals surface area contributed by atoms with Crippen molar-refractivity contribution < 1.29 is 19.4 Å². The molecule has 2 unspecified atom stereocenters. The molecule has 0 aliphatic carbocycles. The zero-order valence-corrected chi connectivity index (χ0v) is 8.22. The molecule has 1 amide bonds. The predicted molar refractivity (Wildman–Crippen MR) is 54.4 cm³/mol. The molecule has 2 atom stereocenters. The molecule has 7 N–H and O–H groups in total. The normalized spacial score (nSPS) is 14.2. The van der Waals surface area contributed by atoms with Crippen LogP contribution in [0, 0.1) is 5.82 Å². The van der Waals surface area contributed by atoms with E-state index in [0.29, 0.717) is 0 Å². The number of nitrogens with one attached hydrogen (secondary N) is 1. The highest BCUT2D eigenvalue weighted by Gasteiger charge is 2.23. The van der Waals surface area contributed by atoms with Crippen LogP contribution in [0.2, 0.25) is 0 Å². The molecule has 0 fully saturated rings. The molecule has 16 heavy (non-hydrogen) atoms. The summed E-state index contributed by atoms with van der Waals surface area (Å²) < 4.78 is 13.2. The Labute approximate surface area is 90.6 Å². The van der Waals surface area contributed by atoms with Crippen molar-refractivity contribution >= 4 is 11.6 Å². The molecule has 0 aromatic heterocycles. The minimum atomic E-state index is -1.78. The van der Waals surface area contributed by atoms with Crippen molar-refractivity contribution in [3.8, 4) is 0 Å². The molecule has 0 aliphatic heterocycles. The van der Waals surface area contributed by atoms with Gasteiger partial charge in [-0.05, 0) is 17.7 Å². The number of primary amides is 1. The Balaban J connectivity index is 2.97. The first-order valence-electron chi connectivity index (χ1n) is 4.39. The second kappa shape index (κ2) is 4.88. The van der Waals surface area contributed by atoms with Crippen LogP contribution in [0.1, 0.15) is 11.7 Å². The Hall–Kier alpha value is -1.70. The molecule has 0 bridgehead atoms. The molecule has 1 rings (SSSR count). The van der Waals surface area contributed by atoms with E-state index < -0.39 is 23.9 Å². The molecule has 1 aromatic carbocycles. The van der Waals surface area contributed by atoms with Crippen molar-refractivity contribution in [2.24, 2.45) is 11.6 Å². The van der Waals surface area contributed by atoms with E-state index in [0.717, 1.165) is 6.07 Å². The number of hydrazine groups is 1. The minimum absolute atomic E-state index is 0.0304. The summed E-state index contributed by atoms with van der Waals surface area (Å²) in [7, 11) is 0. The van der Waals surface area contributed by atoms with Gasteiger partial charge in [0, 0.05) is 0 Å². The van der Waals surface area contributed by atoms with Crippen LogP contribution in [0.5, 0.6) is 0 Å². The number of nitrogens with two attached hydrogens (primary N) is 2. The fraction of sp³-hybridized carbons (Fsp3) is 0.222. The lowest BCUT2D eigenvalue weighted by molar-refractivity contribution is -0.131. The number of carbonyl (C=O) groups excluding carboxylic acids is 1. The third kappa shape index (κ3) is 2.45. The van der Waals surface area contributed by atoms with E-state index in [2.05, 4.69) is 5.43 Å². The van der Waals surface area contributed by atoms with Crippen molar-refractivity contribution in [2.75, 3.05) is 5.43 Å². The van der Waals surface area contributed by atoms with Gasteiger partial charge in [0.15, 0.2) is 6.10 Å². The summed E-state index contributed by atoms with van der Waals surface area (Å²) in [5, 5.41) is 18.7. The lowest BCUT2D eigenvalue weighted by atomic mass is 10.0. The molecule has 6 nitrogen and oxygen atoms in total. The van der Waals surface area contributed by atoms with Gasteiger partial charge in [-0.25, -0.2) is 4.39 Å². The standard InChI is InChI=1S/C9H12FN3O3/c10-5-3-4(1-2-6(5)13-12)7(14)8(15)9(11)16/h1-3,7-8,13-15H,12H2,(H2,11,16). The molecule has 0 heterocycles. The highest BCUT2D eigenvalue weighted by atomic mass is 19.1. The summed E-state index contributed by atoms with van der Waals surface area (Å²) in [4.78, 5) is 10.6. The van der Waals surface area contributed by atoms with Gasteiger partial charge in [-0.1, -0.05) is 6.07 Å². The Morgan fingerprint density at radius 3 is 2.50 bits per heavy atom. The SMILES string of the molecule is NNc1ccc(C(O)C(O)C(N)=O)cc1F. The zero-order valence-electron chi connectivity index (χ0n) is 8.22. The van der Waals surface area contributed by atoms with Gasteiger partial charge in [-0.3, -0.25) is 10.6 Å². The van der Waals surface area contributed by atoms with Gasteiger partial charge in [0.25, 0.3) is 0 Å². The molecule has 0 aliphatic rings. The topological polar surface area (TPSA) is 122 Å². The van der Waals surface area contributed by atoms with Crippen molar-refractivity contribution in [2.45, 2.75) is 12.2 Å². The number of hydrogen-bond donors (Lipinski definition) is 5. The molecule has 7 heteroatoms. The van der Waals surface area contributed by atoms with Gasteiger partial charge in [0.2, 0.25) is 5.91 Å². The van der Waals surface area contributed by atoms with Gasteiger partial charge < -0.3 is 21.4 Å². The van der Waals surface area contributed by atoms with E-state index in [4.69, 9.17) is 11.6 Å². The Kier molecular flexibility index (Phi) is 3.78. The van der Waals surface area contributed by atoms with Crippen LogP contribution >= 0.6 is 0 Å². The van der Waals surface area contributed by atoms with Gasteiger partial charge in [0.1, 0.15) is 11.9 Å². The third-order valence-electron chi connectivity index (χ3n) is 2.08. The van der Waals surface area contributed by atoms with Crippen molar-refractivity contribution in [1.82, 2.24) is 0 Å². The van der Waals surface area contributed by atoms with E-state index in [9.17, 15) is 19.4 Å². The molecule has 0 radical (unpaired) electrons. The fourth-order valence-corrected chi connectivity index (χ4v) is 1.17. The maximum absolute atomic E-state index is 13.2. The highest BCUT2D eigenvalue weighted by Crippen LogP contribution is 2.21. The summed E-state index contributed by atoms with van der Waals surface area (Å²) in [6.45, 7) is 0. The lowest BCUT2D eigenvalue weighted by Crippen LogP contribution is -2.33. The van der Waals surface area contributed by atoms with E-state index in [-0.39, 0.29) is 11.3 Å². The van der Waals surface area contributed by atoms with Gasteiger partial charge in [-0.2, -0.15) is 0 Å². The molecule has 1 aromatic rings. The van der Waals surface area contributed by atoms with Crippen molar-refractivity contribution in [3.05, 3.63) is 29.6 Å². The molecular formula is C9H12FN3O3. The summed E-state index contributed by atoms with van der Waals surface area (Å²) in [5.74, 6) is 3.21. The van der Waals surface area contributed by atoms with Gasteiger partial charge in [0.05, 0.1) is 5.69 Å². The van der Waals surface area contributed by atoms with Gasteiger partial charge in [-0.15, -0.1) is 0 Å². The number of carbonyl (C=O) groups is 1. The van der Waals surface area contributed by atoms with Crippen LogP contribution in [0.25, 0.3) is 0 Å². The zero-order chi connectivity index (χ0) is 12.3. The molecular weight excluding hydrogens is 217 g/mol. The summed E-state index contributed by atoms with van der Waals surface area (Å²) in [5.41, 5.74) is 6.96. The van der Waals surface area contributed by atoms with E-state index in [1.165, 1.54) is 12.1 Å². The second-order valence-corrected chi connectivity index (χ2v) is 3.18. The Morgan fingerprint density at radius 1 is 1.44 bits per heavy atom. The van der Waals surface area contributed by atoms with Crippen LogP contribution in [0.3, 0.4) is 0 Å². The van der Waals surface area contributed by atoms with E-state index in [1.807, 2.05) is 0 Å². The predicted octanol–water partition coefficient (Wildman–Crippen LogP) is -1.01. The number of hydrogen-bond acceptors (Lipinski definition) is 5. The van der Waals surface area contributed by atoms with E-state index >= 15 is 0 Å². The maximum atomic E-state index is 13.2. The van der Waals surface area contributed by atoms with Crippen LogP contribution in [0.4, 0.5) is 10.1 Å². The number of aliphatic hydroxyl groups is 2. The number of amides is 1. The van der Waals surface area contributed by atoms with Gasteiger partial charge >= 0.3 is 0 Å². The number of benzene rings is 1. The van der Waals surface area contributed by atoms with Crippen molar-refractivity contribution in [3.63, 3.8) is 0 Å². The van der Waals surface area contributed by atoms with Crippen molar-refractivity contribution in [1.29, 1.82) is 0 Å². The smallest absolute Gasteiger partial charge is 0.249 e. The summed E-state index contributed by atoms with van der Waals surface area (Å²) in [6.07, 6.45) is -3.35. The van der Waals surface area contributed by atoms with Crippen LogP contribution in [-0.2, 0) is 4.79 Å². The maximum Gasteiger partial charge on any atom is 0.249 e. The first-order chi connectivity index (χ1) is 7.47. The third-order valence-corrected chi connectivity index (χ3v) is 2.08. The van der Waals surface area contributed by atoms with Crippen LogP contribution in [0.15, 0.2) is 18.2 Å². The average molecular weight is 229 g/mol. The summed E-state index contributed by atoms with van der Waals surface area (Å²) in [6, 6.07) is 3.53. The molecule has 0 spiro atoms. The van der Waals surface area contributed by atoms with Crippen LogP contribution < -0.4 is 17.0 Å². The lowest BCUT2D eigenvalue weighted by Gasteiger charge is -2.15. The first-order valence-corrected chi connectivity index (χ1v) is 4.39. The average Bonchev–Trinajstić information content (AvgIpc) is 2.26. The minimum Gasteiger partial charge on any atom is -0.385 e. The largest absolute Gasteiger partial charge is 0.385 e. The molecule has 0 saturated heterocycles. The number of halogens is 1. The number of nitrogen functional groups attached to an aromatic ring is 1. The summed E-state index contributed by atoms with van der Waals surface area (Å²) >= 11 is 0. The molecule has 88 valence electrons. The first kappa shape index (κ1) is 12.4. The Morgan fingerprint density at radius 2 is 2.06 bits per heavy atom.